The van der Waals surface area contributed by atoms with Crippen LogP contribution < -0.4 is 0 Å². The summed E-state index contributed by atoms with van der Waals surface area (Å²) in [6.07, 6.45) is 1.69. The van der Waals surface area contributed by atoms with E-state index in [-0.39, 0.29) is 5.91 Å². The molecule has 11 heavy (non-hydrogen) atoms. The summed E-state index contributed by atoms with van der Waals surface area (Å²) in [6, 6.07) is 1.87. The minimum Gasteiger partial charge on any atom is -0.273 e. The Morgan fingerprint density at radius 2 is 2.27 bits per heavy atom. The van der Waals surface area contributed by atoms with Gasteiger partial charge in [0.1, 0.15) is 0 Å². The van der Waals surface area contributed by atoms with Crippen LogP contribution in [0, 0.1) is 0 Å². The molecule has 0 N–H and O–H groups in total. The van der Waals surface area contributed by atoms with E-state index in [9.17, 15) is 4.79 Å². The van der Waals surface area contributed by atoms with Crippen molar-refractivity contribution in [2.24, 2.45) is 0 Å². The first kappa shape index (κ1) is 7.98. The van der Waals surface area contributed by atoms with Gasteiger partial charge >= 0.3 is 0 Å². The fourth-order valence-corrected chi connectivity index (χ4v) is 0.821. The van der Waals surface area contributed by atoms with Gasteiger partial charge in [0.15, 0.2) is 0 Å². The Morgan fingerprint density at radius 1 is 1.64 bits per heavy atom. The van der Waals surface area contributed by atoms with Crippen LogP contribution in [0.4, 0.5) is 0 Å². The normalized spacial score (nSPS) is 10.5. The highest BCUT2D eigenvalue weighted by Crippen LogP contribution is 2.09. The second kappa shape index (κ2) is 2.86. The van der Waals surface area contributed by atoms with Crippen LogP contribution in [0.3, 0.4) is 0 Å². The van der Waals surface area contributed by atoms with Crippen molar-refractivity contribution in [1.29, 1.82) is 0 Å². The van der Waals surface area contributed by atoms with E-state index >= 15 is 0 Å². The molecule has 0 unspecified atom stereocenters. The summed E-state index contributed by atoms with van der Waals surface area (Å²) >= 11 is 0. The molecule has 0 aliphatic rings. The summed E-state index contributed by atoms with van der Waals surface area (Å²) < 4.78 is 1.36. The van der Waals surface area contributed by atoms with Gasteiger partial charge in [-0.1, -0.05) is 13.8 Å². The van der Waals surface area contributed by atoms with Crippen LogP contribution in [-0.2, 0) is 0 Å². The van der Waals surface area contributed by atoms with E-state index < -0.39 is 0 Å². The van der Waals surface area contributed by atoms with Crippen molar-refractivity contribution in [1.82, 2.24) is 9.78 Å². The van der Waals surface area contributed by atoms with E-state index in [1.54, 1.807) is 6.20 Å². The van der Waals surface area contributed by atoms with E-state index in [0.29, 0.717) is 5.92 Å². The number of aromatic nitrogens is 2. The van der Waals surface area contributed by atoms with Crippen molar-refractivity contribution in [3.05, 3.63) is 18.0 Å². The predicted molar refractivity (Wildman–Crippen MR) is 42.6 cm³/mol. The average molecular weight is 152 g/mol. The fourth-order valence-electron chi connectivity index (χ4n) is 0.821. The van der Waals surface area contributed by atoms with E-state index in [1.165, 1.54) is 11.6 Å². The van der Waals surface area contributed by atoms with Gasteiger partial charge in [0, 0.05) is 13.1 Å². The van der Waals surface area contributed by atoms with Gasteiger partial charge in [-0.15, -0.1) is 0 Å². The summed E-state index contributed by atoms with van der Waals surface area (Å²) in [5.74, 6) is 0.340. The number of rotatable bonds is 1. The third-order valence-corrected chi connectivity index (χ3v) is 1.52. The lowest BCUT2D eigenvalue weighted by Gasteiger charge is -1.96. The molecule has 0 aliphatic carbocycles. The Bertz CT molecular complexity index is 263. The van der Waals surface area contributed by atoms with Gasteiger partial charge < -0.3 is 0 Å². The van der Waals surface area contributed by atoms with Crippen molar-refractivity contribution in [2.75, 3.05) is 0 Å². The molecule has 0 saturated carbocycles. The highest BCUT2D eigenvalue weighted by Gasteiger charge is 2.04. The molecule has 0 atom stereocenters. The lowest BCUT2D eigenvalue weighted by Crippen LogP contribution is -2.06. The third-order valence-electron chi connectivity index (χ3n) is 1.52. The zero-order valence-electron chi connectivity index (χ0n) is 7.03. The number of carbonyl (C=O) groups is 1. The molecule has 0 amide bonds. The second-order valence-electron chi connectivity index (χ2n) is 2.86. The van der Waals surface area contributed by atoms with Crippen LogP contribution in [0.15, 0.2) is 12.3 Å². The Hall–Kier alpha value is -1.12. The van der Waals surface area contributed by atoms with Crippen molar-refractivity contribution in [2.45, 2.75) is 26.7 Å². The van der Waals surface area contributed by atoms with Crippen LogP contribution in [-0.4, -0.2) is 15.7 Å². The Labute approximate surface area is 66.0 Å². The van der Waals surface area contributed by atoms with E-state index in [0.717, 1.165) is 5.69 Å². The van der Waals surface area contributed by atoms with Crippen molar-refractivity contribution < 1.29 is 4.79 Å². The van der Waals surface area contributed by atoms with Crippen molar-refractivity contribution in [3.63, 3.8) is 0 Å². The number of carbonyl (C=O) groups excluding carboxylic acids is 1. The Kier molecular flexibility index (Phi) is 2.08. The lowest BCUT2D eigenvalue weighted by molar-refractivity contribution is 0.0920. The maximum Gasteiger partial charge on any atom is 0.243 e. The largest absolute Gasteiger partial charge is 0.273 e. The summed E-state index contributed by atoms with van der Waals surface area (Å²) in [6.45, 7) is 5.59. The van der Waals surface area contributed by atoms with Crippen molar-refractivity contribution >= 4 is 5.91 Å². The molecule has 0 saturated heterocycles. The second-order valence-corrected chi connectivity index (χ2v) is 2.86. The monoisotopic (exact) mass is 152 g/mol. The summed E-state index contributed by atoms with van der Waals surface area (Å²) in [5, 5.41) is 4.08. The van der Waals surface area contributed by atoms with Crippen LogP contribution >= 0.6 is 0 Å². The van der Waals surface area contributed by atoms with Gasteiger partial charge in [-0.2, -0.15) is 5.10 Å². The minimum absolute atomic E-state index is 0.0445. The highest BCUT2D eigenvalue weighted by atomic mass is 16.2. The van der Waals surface area contributed by atoms with Crippen LogP contribution in [0.25, 0.3) is 0 Å². The Morgan fingerprint density at radius 3 is 2.55 bits per heavy atom. The molecule has 0 aliphatic heterocycles. The molecule has 1 heterocycles. The average Bonchev–Trinajstić information content (AvgIpc) is 2.33. The first-order valence-corrected chi connectivity index (χ1v) is 3.67. The van der Waals surface area contributed by atoms with Gasteiger partial charge in [-0.3, -0.25) is 4.79 Å². The molecule has 0 radical (unpaired) electrons. The van der Waals surface area contributed by atoms with E-state index in [1.807, 2.05) is 19.9 Å². The summed E-state index contributed by atoms with van der Waals surface area (Å²) in [7, 11) is 0. The summed E-state index contributed by atoms with van der Waals surface area (Å²) in [5.41, 5.74) is 0.959. The smallest absolute Gasteiger partial charge is 0.243 e. The maximum atomic E-state index is 10.8. The number of hydrogen-bond donors (Lipinski definition) is 0. The first-order chi connectivity index (χ1) is 5.11. The molecule has 1 aromatic rings. The highest BCUT2D eigenvalue weighted by molar-refractivity contribution is 5.74. The van der Waals surface area contributed by atoms with Gasteiger partial charge in [0.25, 0.3) is 0 Å². The standard InChI is InChI=1S/C8H12N2O/c1-6(2)8-4-5-10(9-8)7(3)11/h4-6H,1-3H3. The molecule has 0 fully saturated rings. The SMILES string of the molecule is CC(=O)n1ccc(C(C)C)n1. The molecule has 0 bridgehead atoms. The third kappa shape index (κ3) is 1.67. The molecular weight excluding hydrogens is 140 g/mol. The zero-order valence-corrected chi connectivity index (χ0v) is 7.03. The molecule has 3 nitrogen and oxygen atoms in total. The van der Waals surface area contributed by atoms with Gasteiger partial charge in [0.05, 0.1) is 5.69 Å². The molecular formula is C8H12N2O. The fraction of sp³-hybridized carbons (Fsp3) is 0.500. The molecule has 1 rings (SSSR count). The van der Waals surface area contributed by atoms with Gasteiger partial charge in [-0.25, -0.2) is 4.68 Å². The predicted octanol–water partition coefficient (Wildman–Crippen LogP) is 1.67. The van der Waals surface area contributed by atoms with Gasteiger partial charge in [0.2, 0.25) is 5.91 Å². The Balaban J connectivity index is 2.90. The van der Waals surface area contributed by atoms with Crippen LogP contribution in [0.1, 0.15) is 37.2 Å². The van der Waals surface area contributed by atoms with Gasteiger partial charge in [-0.05, 0) is 12.0 Å². The van der Waals surface area contributed by atoms with Crippen LogP contribution in [0.5, 0.6) is 0 Å². The topological polar surface area (TPSA) is 34.9 Å². The first-order valence-electron chi connectivity index (χ1n) is 3.67. The number of hydrogen-bond acceptors (Lipinski definition) is 2. The quantitative estimate of drug-likeness (QED) is 0.613. The zero-order chi connectivity index (χ0) is 8.43. The van der Waals surface area contributed by atoms with Crippen molar-refractivity contribution in [3.8, 4) is 0 Å². The molecule has 3 heteroatoms. The lowest BCUT2D eigenvalue weighted by atomic mass is 10.1. The van der Waals surface area contributed by atoms with E-state index in [4.69, 9.17) is 0 Å². The number of nitrogens with zero attached hydrogens (tertiary/aromatic N) is 2. The van der Waals surface area contributed by atoms with E-state index in [2.05, 4.69) is 5.10 Å². The summed E-state index contributed by atoms with van der Waals surface area (Å²) in [4.78, 5) is 10.8. The maximum absolute atomic E-state index is 10.8. The molecule has 0 aromatic carbocycles. The molecule has 1 aromatic heterocycles. The van der Waals surface area contributed by atoms with Crippen LogP contribution in [0.2, 0.25) is 0 Å². The molecule has 0 spiro atoms. The molecule has 60 valence electrons. The minimum atomic E-state index is -0.0445.